The van der Waals surface area contributed by atoms with E-state index in [-0.39, 0.29) is 5.92 Å². The molecule has 0 aliphatic carbocycles. The van der Waals surface area contributed by atoms with Crippen molar-refractivity contribution < 1.29 is 9.53 Å². The van der Waals surface area contributed by atoms with Gasteiger partial charge in [0.05, 0.1) is 0 Å². The van der Waals surface area contributed by atoms with Crippen LogP contribution in [0, 0.1) is 5.92 Å². The fourth-order valence-corrected chi connectivity index (χ4v) is 2.62. The van der Waals surface area contributed by atoms with E-state index < -0.39 is 0 Å². The second kappa shape index (κ2) is 6.23. The molecule has 0 radical (unpaired) electrons. The highest BCUT2D eigenvalue weighted by atomic mass is 16.5. The summed E-state index contributed by atoms with van der Waals surface area (Å²) in [6.07, 6.45) is 4.23. The first-order valence-corrected chi connectivity index (χ1v) is 5.89. The molecule has 1 aliphatic rings. The van der Waals surface area contributed by atoms with Gasteiger partial charge in [0.25, 0.3) is 0 Å². The van der Waals surface area contributed by atoms with Crippen LogP contribution in [-0.4, -0.2) is 43.5 Å². The van der Waals surface area contributed by atoms with E-state index >= 15 is 0 Å². The van der Waals surface area contributed by atoms with Gasteiger partial charge in [0, 0.05) is 38.3 Å². The quantitative estimate of drug-likeness (QED) is 0.514. The fraction of sp³-hybridized carbons (Fsp3) is 0.917. The molecule has 15 heavy (non-hydrogen) atoms. The molecule has 1 heterocycles. The summed E-state index contributed by atoms with van der Waals surface area (Å²) >= 11 is 0. The van der Waals surface area contributed by atoms with Crippen molar-refractivity contribution in [2.45, 2.75) is 45.2 Å². The Hall–Kier alpha value is -0.410. The molecule has 0 aromatic carbocycles. The SMILES string of the molecule is COCCCN1[C@@H](C)CC(C=O)C[C@@H]1C. The number of likely N-dealkylation sites (tertiary alicyclic amines) is 1. The van der Waals surface area contributed by atoms with E-state index in [1.165, 1.54) is 0 Å². The third-order valence-corrected chi connectivity index (χ3v) is 3.38. The molecule has 0 aromatic rings. The largest absolute Gasteiger partial charge is 0.385 e. The summed E-state index contributed by atoms with van der Waals surface area (Å²) in [7, 11) is 1.74. The van der Waals surface area contributed by atoms with Crippen LogP contribution >= 0.6 is 0 Å². The predicted molar refractivity (Wildman–Crippen MR) is 60.9 cm³/mol. The Bertz CT molecular complexity index is 184. The first-order chi connectivity index (χ1) is 7.19. The van der Waals surface area contributed by atoms with E-state index in [1.54, 1.807) is 7.11 Å². The Kier molecular flexibility index (Phi) is 5.26. The third-order valence-electron chi connectivity index (χ3n) is 3.38. The van der Waals surface area contributed by atoms with Crippen molar-refractivity contribution in [3.8, 4) is 0 Å². The van der Waals surface area contributed by atoms with Gasteiger partial charge in [0.15, 0.2) is 0 Å². The van der Waals surface area contributed by atoms with Gasteiger partial charge in [-0.1, -0.05) is 0 Å². The van der Waals surface area contributed by atoms with Crippen LogP contribution in [0.4, 0.5) is 0 Å². The van der Waals surface area contributed by atoms with Gasteiger partial charge in [-0.15, -0.1) is 0 Å². The second-order valence-corrected chi connectivity index (χ2v) is 4.65. The summed E-state index contributed by atoms with van der Waals surface area (Å²) in [5.41, 5.74) is 0. The minimum Gasteiger partial charge on any atom is -0.385 e. The molecular weight excluding hydrogens is 190 g/mol. The molecule has 0 spiro atoms. The minimum absolute atomic E-state index is 0.272. The minimum atomic E-state index is 0.272. The molecule has 3 nitrogen and oxygen atoms in total. The monoisotopic (exact) mass is 213 g/mol. The predicted octanol–water partition coefficient (Wildman–Crippen LogP) is 1.71. The highest BCUT2D eigenvalue weighted by Gasteiger charge is 2.29. The van der Waals surface area contributed by atoms with Crippen LogP contribution < -0.4 is 0 Å². The van der Waals surface area contributed by atoms with Gasteiger partial charge in [-0.2, -0.15) is 0 Å². The molecule has 1 fully saturated rings. The van der Waals surface area contributed by atoms with Crippen LogP contribution in [0.3, 0.4) is 0 Å². The Morgan fingerprint density at radius 1 is 1.33 bits per heavy atom. The van der Waals surface area contributed by atoms with E-state index in [0.29, 0.717) is 12.1 Å². The number of carbonyl (C=O) groups excluding carboxylic acids is 1. The van der Waals surface area contributed by atoms with Crippen LogP contribution in [0.15, 0.2) is 0 Å². The summed E-state index contributed by atoms with van der Waals surface area (Å²) in [5.74, 6) is 0.272. The summed E-state index contributed by atoms with van der Waals surface area (Å²) < 4.78 is 5.06. The smallest absolute Gasteiger partial charge is 0.123 e. The summed E-state index contributed by atoms with van der Waals surface area (Å²) in [6.45, 7) is 6.35. The first-order valence-electron chi connectivity index (χ1n) is 5.89. The highest BCUT2D eigenvalue weighted by molar-refractivity contribution is 5.53. The number of piperidine rings is 1. The van der Waals surface area contributed by atoms with E-state index in [1.807, 2.05) is 0 Å². The fourth-order valence-electron chi connectivity index (χ4n) is 2.62. The maximum absolute atomic E-state index is 10.8. The zero-order valence-electron chi connectivity index (χ0n) is 10.1. The van der Waals surface area contributed by atoms with Crippen LogP contribution in [0.5, 0.6) is 0 Å². The summed E-state index contributed by atoms with van der Waals surface area (Å²) in [5, 5.41) is 0. The highest BCUT2D eigenvalue weighted by Crippen LogP contribution is 2.26. The molecule has 0 aromatic heterocycles. The topological polar surface area (TPSA) is 29.5 Å². The molecule has 0 bridgehead atoms. The average Bonchev–Trinajstić information content (AvgIpc) is 2.22. The van der Waals surface area contributed by atoms with Crippen molar-refractivity contribution in [3.63, 3.8) is 0 Å². The molecule has 1 saturated heterocycles. The number of nitrogens with zero attached hydrogens (tertiary/aromatic N) is 1. The lowest BCUT2D eigenvalue weighted by atomic mass is 9.88. The van der Waals surface area contributed by atoms with Crippen molar-refractivity contribution >= 4 is 6.29 Å². The van der Waals surface area contributed by atoms with E-state index in [0.717, 1.165) is 38.7 Å². The zero-order valence-corrected chi connectivity index (χ0v) is 10.1. The Morgan fingerprint density at radius 3 is 2.40 bits per heavy atom. The maximum atomic E-state index is 10.8. The van der Waals surface area contributed by atoms with Gasteiger partial charge < -0.3 is 9.53 Å². The van der Waals surface area contributed by atoms with Crippen LogP contribution in [-0.2, 0) is 9.53 Å². The van der Waals surface area contributed by atoms with Crippen molar-refractivity contribution in [1.82, 2.24) is 4.90 Å². The molecule has 0 unspecified atom stereocenters. The molecule has 0 N–H and O–H groups in total. The molecule has 2 atom stereocenters. The standard InChI is InChI=1S/C12H23NO2/c1-10-7-12(9-14)8-11(2)13(10)5-4-6-15-3/h9-12H,4-8H2,1-3H3/t10-,11-/m0/s1. The van der Waals surface area contributed by atoms with Gasteiger partial charge >= 0.3 is 0 Å². The van der Waals surface area contributed by atoms with Crippen molar-refractivity contribution in [2.75, 3.05) is 20.3 Å². The van der Waals surface area contributed by atoms with Crippen molar-refractivity contribution in [2.24, 2.45) is 5.92 Å². The zero-order chi connectivity index (χ0) is 11.3. The molecule has 88 valence electrons. The van der Waals surface area contributed by atoms with Crippen molar-refractivity contribution in [1.29, 1.82) is 0 Å². The van der Waals surface area contributed by atoms with Gasteiger partial charge in [-0.3, -0.25) is 4.90 Å². The lowest BCUT2D eigenvalue weighted by Gasteiger charge is -2.41. The third kappa shape index (κ3) is 3.58. The van der Waals surface area contributed by atoms with Gasteiger partial charge in [-0.25, -0.2) is 0 Å². The van der Waals surface area contributed by atoms with E-state index in [4.69, 9.17) is 4.74 Å². The number of methoxy groups -OCH3 is 1. The Labute approximate surface area is 92.8 Å². The van der Waals surface area contributed by atoms with Crippen LogP contribution in [0.2, 0.25) is 0 Å². The van der Waals surface area contributed by atoms with E-state index in [2.05, 4.69) is 18.7 Å². The second-order valence-electron chi connectivity index (χ2n) is 4.65. The van der Waals surface area contributed by atoms with Crippen LogP contribution in [0.25, 0.3) is 0 Å². The molecule has 1 rings (SSSR count). The molecule has 0 saturated carbocycles. The first kappa shape index (κ1) is 12.7. The number of hydrogen-bond donors (Lipinski definition) is 0. The van der Waals surface area contributed by atoms with E-state index in [9.17, 15) is 4.79 Å². The Balaban J connectivity index is 2.39. The summed E-state index contributed by atoms with van der Waals surface area (Å²) in [6, 6.07) is 1.06. The lowest BCUT2D eigenvalue weighted by Crippen LogP contribution is -2.47. The normalized spacial score (nSPS) is 32.9. The number of carbonyl (C=O) groups is 1. The number of aldehydes is 1. The van der Waals surface area contributed by atoms with Crippen molar-refractivity contribution in [3.05, 3.63) is 0 Å². The lowest BCUT2D eigenvalue weighted by molar-refractivity contribution is -0.113. The van der Waals surface area contributed by atoms with Gasteiger partial charge in [0.2, 0.25) is 0 Å². The van der Waals surface area contributed by atoms with Gasteiger partial charge in [-0.05, 0) is 33.1 Å². The molecule has 0 amide bonds. The Morgan fingerprint density at radius 2 is 1.93 bits per heavy atom. The molecular formula is C12H23NO2. The average molecular weight is 213 g/mol. The maximum Gasteiger partial charge on any atom is 0.123 e. The molecule has 3 heteroatoms. The molecule has 1 aliphatic heterocycles. The van der Waals surface area contributed by atoms with Crippen LogP contribution in [0.1, 0.15) is 33.1 Å². The summed E-state index contributed by atoms with van der Waals surface area (Å²) in [4.78, 5) is 13.3. The number of hydrogen-bond acceptors (Lipinski definition) is 3. The number of rotatable bonds is 5. The van der Waals surface area contributed by atoms with Gasteiger partial charge in [0.1, 0.15) is 6.29 Å². The number of ether oxygens (including phenoxy) is 1.